The van der Waals surface area contributed by atoms with Gasteiger partial charge in [0.25, 0.3) is 0 Å². The highest BCUT2D eigenvalue weighted by molar-refractivity contribution is 8.22. The Kier molecular flexibility index (Phi) is 3.97. The number of thiocarbonyl (C=S) groups is 1. The number of rotatable bonds is 1. The molecule has 1 aliphatic heterocycles. The molecular weight excluding hydrogens is 256 g/mol. The van der Waals surface area contributed by atoms with Gasteiger partial charge in [0, 0.05) is 19.6 Å². The summed E-state index contributed by atoms with van der Waals surface area (Å²) in [4.78, 5) is 8.48. The van der Waals surface area contributed by atoms with Crippen molar-refractivity contribution in [1.29, 1.82) is 0 Å². The van der Waals surface area contributed by atoms with Crippen molar-refractivity contribution in [2.24, 2.45) is 5.73 Å². The van der Waals surface area contributed by atoms with Crippen LogP contribution in [0.5, 0.6) is 0 Å². The highest BCUT2D eigenvalue weighted by Crippen LogP contribution is 2.12. The summed E-state index contributed by atoms with van der Waals surface area (Å²) in [6.45, 7) is 2.55. The third-order valence-corrected chi connectivity index (χ3v) is 4.04. The molecule has 8 heteroatoms. The molecule has 0 aliphatic carbocycles. The molecule has 94 valence electrons. The van der Waals surface area contributed by atoms with Crippen LogP contribution < -0.4 is 10.6 Å². The highest BCUT2D eigenvalue weighted by Gasteiger charge is 2.23. The number of likely N-dealkylation sites (N-methyl/N-ethyl adjacent to an activating group) is 1. The van der Waals surface area contributed by atoms with E-state index in [4.69, 9.17) is 18.0 Å². The van der Waals surface area contributed by atoms with Crippen molar-refractivity contribution < 1.29 is 0 Å². The van der Waals surface area contributed by atoms with Crippen LogP contribution in [-0.2, 0) is 0 Å². The summed E-state index contributed by atoms with van der Waals surface area (Å²) >= 11 is 6.63. The molecule has 0 spiro atoms. The molecule has 0 radical (unpaired) electrons. The standard InChI is InChI=1S/C9H16N6S2/c1-13-3-4-14(5-7(13)10)8-11-6-15(12-8)9(16)17-2/h6-7H,3-5,10H2,1-2H3. The van der Waals surface area contributed by atoms with E-state index in [1.54, 1.807) is 11.0 Å². The maximum atomic E-state index is 5.99. The predicted molar refractivity (Wildman–Crippen MR) is 74.4 cm³/mol. The Bertz CT molecular complexity index is 406. The van der Waals surface area contributed by atoms with Gasteiger partial charge in [-0.3, -0.25) is 4.90 Å². The molecule has 0 bridgehead atoms. The average molecular weight is 272 g/mol. The Labute approximate surface area is 110 Å². The summed E-state index contributed by atoms with van der Waals surface area (Å²) in [6.07, 6.45) is 3.61. The van der Waals surface area contributed by atoms with Crippen molar-refractivity contribution in [3.63, 3.8) is 0 Å². The van der Waals surface area contributed by atoms with Crippen LogP contribution >= 0.6 is 24.0 Å². The first-order valence-electron chi connectivity index (χ1n) is 5.32. The van der Waals surface area contributed by atoms with Gasteiger partial charge in [-0.1, -0.05) is 24.0 Å². The third-order valence-electron chi connectivity index (χ3n) is 2.82. The Hall–Kier alpha value is -0.700. The van der Waals surface area contributed by atoms with Gasteiger partial charge in [-0.25, -0.2) is 4.68 Å². The number of nitrogens with two attached hydrogens (primary N) is 1. The van der Waals surface area contributed by atoms with E-state index in [2.05, 4.69) is 19.9 Å². The Morgan fingerprint density at radius 3 is 3.00 bits per heavy atom. The summed E-state index contributed by atoms with van der Waals surface area (Å²) in [7, 11) is 2.02. The summed E-state index contributed by atoms with van der Waals surface area (Å²) in [5, 5.41) is 4.36. The second-order valence-corrected chi connectivity index (χ2v) is 5.39. The van der Waals surface area contributed by atoms with Gasteiger partial charge in [0.05, 0.1) is 6.17 Å². The summed E-state index contributed by atoms with van der Waals surface area (Å²) in [5.41, 5.74) is 5.99. The Morgan fingerprint density at radius 2 is 2.35 bits per heavy atom. The smallest absolute Gasteiger partial charge is 0.245 e. The normalized spacial score (nSPS) is 21.8. The number of aromatic nitrogens is 3. The van der Waals surface area contributed by atoms with Crippen LogP contribution in [0.15, 0.2) is 6.33 Å². The van der Waals surface area contributed by atoms with Crippen molar-refractivity contribution in [2.45, 2.75) is 6.17 Å². The van der Waals surface area contributed by atoms with Crippen LogP contribution in [-0.4, -0.2) is 63.1 Å². The topological polar surface area (TPSA) is 63.2 Å². The first kappa shape index (κ1) is 12.7. The molecule has 1 saturated heterocycles. The van der Waals surface area contributed by atoms with E-state index in [0.717, 1.165) is 19.6 Å². The molecule has 6 nitrogen and oxygen atoms in total. The van der Waals surface area contributed by atoms with Crippen molar-refractivity contribution in [1.82, 2.24) is 19.7 Å². The molecule has 1 unspecified atom stereocenters. The van der Waals surface area contributed by atoms with Gasteiger partial charge < -0.3 is 10.6 Å². The fraction of sp³-hybridized carbons (Fsp3) is 0.667. The summed E-state index contributed by atoms with van der Waals surface area (Å²) in [6, 6.07) is 0. The average Bonchev–Trinajstić information content (AvgIpc) is 2.81. The van der Waals surface area contributed by atoms with Crippen LogP contribution in [0.3, 0.4) is 0 Å². The van der Waals surface area contributed by atoms with Crippen molar-refractivity contribution in [3.8, 4) is 0 Å². The maximum Gasteiger partial charge on any atom is 0.245 e. The lowest BCUT2D eigenvalue weighted by atomic mass is 10.3. The molecular formula is C9H16N6S2. The SMILES string of the molecule is CSC(=S)n1cnc(N2CCN(C)C(N)C2)n1. The number of hydrogen-bond acceptors (Lipinski definition) is 7. The summed E-state index contributed by atoms with van der Waals surface area (Å²) < 4.78 is 2.32. The first-order chi connectivity index (χ1) is 8.11. The van der Waals surface area contributed by atoms with Crippen LogP contribution in [0.2, 0.25) is 0 Å². The Morgan fingerprint density at radius 1 is 1.59 bits per heavy atom. The van der Waals surface area contributed by atoms with E-state index in [9.17, 15) is 0 Å². The minimum Gasteiger partial charge on any atom is -0.335 e. The second-order valence-electron chi connectivity index (χ2n) is 3.95. The minimum atomic E-state index is 0.0307. The molecule has 0 amide bonds. The van der Waals surface area contributed by atoms with Gasteiger partial charge in [-0.15, -0.1) is 5.10 Å². The molecule has 0 saturated carbocycles. The molecule has 17 heavy (non-hydrogen) atoms. The lowest BCUT2D eigenvalue weighted by Crippen LogP contribution is -2.56. The van der Waals surface area contributed by atoms with Gasteiger partial charge in [0.2, 0.25) is 5.95 Å². The third kappa shape index (κ3) is 2.76. The maximum absolute atomic E-state index is 5.99. The molecule has 1 aromatic rings. The molecule has 2 N–H and O–H groups in total. The molecule has 1 atom stereocenters. The zero-order valence-electron chi connectivity index (χ0n) is 9.91. The van der Waals surface area contributed by atoms with Gasteiger partial charge in [0.15, 0.2) is 4.32 Å². The second kappa shape index (κ2) is 5.30. The number of nitrogens with zero attached hydrogens (tertiary/aromatic N) is 5. The monoisotopic (exact) mass is 272 g/mol. The lowest BCUT2D eigenvalue weighted by Gasteiger charge is -2.36. The number of hydrogen-bond donors (Lipinski definition) is 1. The van der Waals surface area contributed by atoms with E-state index in [1.807, 2.05) is 13.3 Å². The molecule has 2 heterocycles. The van der Waals surface area contributed by atoms with E-state index in [0.29, 0.717) is 10.3 Å². The first-order valence-corrected chi connectivity index (χ1v) is 6.96. The van der Waals surface area contributed by atoms with E-state index in [1.165, 1.54) is 11.8 Å². The van der Waals surface area contributed by atoms with E-state index < -0.39 is 0 Å². The number of thioether (sulfide) groups is 1. The fourth-order valence-electron chi connectivity index (χ4n) is 1.66. The van der Waals surface area contributed by atoms with Crippen LogP contribution in [0.4, 0.5) is 5.95 Å². The van der Waals surface area contributed by atoms with Crippen LogP contribution in [0, 0.1) is 0 Å². The lowest BCUT2D eigenvalue weighted by molar-refractivity contribution is 0.222. The predicted octanol–water partition coefficient (Wildman–Crippen LogP) is -0.189. The van der Waals surface area contributed by atoms with Gasteiger partial charge >= 0.3 is 0 Å². The molecule has 1 aliphatic rings. The van der Waals surface area contributed by atoms with E-state index in [-0.39, 0.29) is 6.17 Å². The van der Waals surface area contributed by atoms with Crippen LogP contribution in [0.1, 0.15) is 0 Å². The quantitative estimate of drug-likeness (QED) is 0.711. The molecule has 2 rings (SSSR count). The minimum absolute atomic E-state index is 0.0307. The van der Waals surface area contributed by atoms with Gasteiger partial charge in [0.1, 0.15) is 6.33 Å². The van der Waals surface area contributed by atoms with Crippen molar-refractivity contribution >= 4 is 34.2 Å². The zero-order chi connectivity index (χ0) is 12.4. The molecule has 1 aromatic heterocycles. The zero-order valence-corrected chi connectivity index (χ0v) is 11.5. The van der Waals surface area contributed by atoms with Gasteiger partial charge in [-0.2, -0.15) is 4.98 Å². The van der Waals surface area contributed by atoms with Crippen molar-refractivity contribution in [2.75, 3.05) is 37.8 Å². The highest BCUT2D eigenvalue weighted by atomic mass is 32.2. The number of piperazine rings is 1. The van der Waals surface area contributed by atoms with Crippen molar-refractivity contribution in [3.05, 3.63) is 6.33 Å². The van der Waals surface area contributed by atoms with E-state index >= 15 is 0 Å². The largest absolute Gasteiger partial charge is 0.335 e. The van der Waals surface area contributed by atoms with Crippen LogP contribution in [0.25, 0.3) is 0 Å². The van der Waals surface area contributed by atoms with Gasteiger partial charge in [-0.05, 0) is 13.3 Å². The molecule has 0 aromatic carbocycles. The fourth-order valence-corrected chi connectivity index (χ4v) is 2.03. The summed E-state index contributed by atoms with van der Waals surface area (Å²) in [5.74, 6) is 0.699. The Balaban J connectivity index is 2.08. The molecule has 1 fully saturated rings. The number of anilines is 1.